The van der Waals surface area contributed by atoms with Crippen LogP contribution in [0.4, 0.5) is 0 Å². The molecular formula is C17H28O6. The fourth-order valence-electron chi connectivity index (χ4n) is 2.20. The lowest BCUT2D eigenvalue weighted by Crippen LogP contribution is -2.41. The van der Waals surface area contributed by atoms with Crippen LogP contribution in [0.2, 0.25) is 0 Å². The second-order valence-electron chi connectivity index (χ2n) is 7.72. The summed E-state index contributed by atoms with van der Waals surface area (Å²) in [6, 6.07) is 0. The number of carbonyl (C=O) groups is 3. The van der Waals surface area contributed by atoms with Crippen molar-refractivity contribution in [2.24, 2.45) is 17.8 Å². The predicted molar refractivity (Wildman–Crippen MR) is 83.4 cm³/mol. The van der Waals surface area contributed by atoms with Gasteiger partial charge in [0, 0.05) is 5.92 Å². The maximum Gasteiger partial charge on any atom is 0.310 e. The molecule has 23 heavy (non-hydrogen) atoms. The number of hydrogen-bond acceptors (Lipinski definition) is 6. The third-order valence-corrected chi connectivity index (χ3v) is 4.11. The number of hydrogen-bond donors (Lipinski definition) is 0. The molecule has 1 saturated heterocycles. The molecule has 1 rings (SSSR count). The van der Waals surface area contributed by atoms with Crippen molar-refractivity contribution in [3.63, 3.8) is 0 Å². The Morgan fingerprint density at radius 1 is 1.04 bits per heavy atom. The van der Waals surface area contributed by atoms with Gasteiger partial charge in [-0.15, -0.1) is 0 Å². The molecule has 3 atom stereocenters. The molecule has 0 N–H and O–H groups in total. The van der Waals surface area contributed by atoms with Crippen LogP contribution < -0.4 is 0 Å². The lowest BCUT2D eigenvalue weighted by Gasteiger charge is -2.32. The number of esters is 3. The van der Waals surface area contributed by atoms with Crippen molar-refractivity contribution in [1.29, 1.82) is 0 Å². The minimum Gasteiger partial charge on any atom is -0.465 e. The third-order valence-electron chi connectivity index (χ3n) is 4.11. The summed E-state index contributed by atoms with van der Waals surface area (Å²) in [5, 5.41) is 0. The van der Waals surface area contributed by atoms with E-state index in [4.69, 9.17) is 14.2 Å². The van der Waals surface area contributed by atoms with Crippen molar-refractivity contribution in [3.8, 4) is 0 Å². The second-order valence-corrected chi connectivity index (χ2v) is 7.72. The Balaban J connectivity index is 2.65. The van der Waals surface area contributed by atoms with E-state index in [1.165, 1.54) is 0 Å². The first-order chi connectivity index (χ1) is 10.3. The van der Waals surface area contributed by atoms with Crippen molar-refractivity contribution in [2.75, 3.05) is 6.61 Å². The van der Waals surface area contributed by atoms with E-state index in [0.717, 1.165) is 0 Å². The maximum absolute atomic E-state index is 12.4. The average Bonchev–Trinajstić information content (AvgIpc) is 2.82. The van der Waals surface area contributed by atoms with Gasteiger partial charge in [-0.3, -0.25) is 14.4 Å². The fraction of sp³-hybridized carbons (Fsp3) is 0.824. The minimum atomic E-state index is -0.828. The number of rotatable bonds is 5. The summed E-state index contributed by atoms with van der Waals surface area (Å²) in [6.07, 6.45) is 0.232. The minimum absolute atomic E-state index is 0.178. The van der Waals surface area contributed by atoms with Crippen molar-refractivity contribution in [2.45, 2.75) is 66.1 Å². The zero-order chi connectivity index (χ0) is 18.0. The first-order valence-corrected chi connectivity index (χ1v) is 7.95. The van der Waals surface area contributed by atoms with E-state index in [2.05, 4.69) is 0 Å². The normalized spacial score (nSPS) is 21.3. The molecule has 0 radical (unpaired) electrons. The van der Waals surface area contributed by atoms with Crippen LogP contribution in [0, 0.1) is 17.8 Å². The average molecular weight is 328 g/mol. The molecule has 1 heterocycles. The molecule has 6 heteroatoms. The Morgan fingerprint density at radius 2 is 1.52 bits per heavy atom. The largest absolute Gasteiger partial charge is 0.465 e. The summed E-state index contributed by atoms with van der Waals surface area (Å²) in [7, 11) is 0. The number of carbonyl (C=O) groups excluding carboxylic acids is 3. The Hall–Kier alpha value is -1.59. The van der Waals surface area contributed by atoms with Crippen LogP contribution in [0.15, 0.2) is 0 Å². The Bertz CT molecular complexity index is 474. The highest BCUT2D eigenvalue weighted by atomic mass is 16.6. The molecular weight excluding hydrogens is 300 g/mol. The van der Waals surface area contributed by atoms with Gasteiger partial charge >= 0.3 is 17.9 Å². The van der Waals surface area contributed by atoms with Crippen molar-refractivity contribution >= 4 is 17.9 Å². The topological polar surface area (TPSA) is 78.9 Å². The molecule has 0 amide bonds. The summed E-state index contributed by atoms with van der Waals surface area (Å²) in [4.78, 5) is 35.7. The van der Waals surface area contributed by atoms with Crippen molar-refractivity contribution < 1.29 is 28.6 Å². The van der Waals surface area contributed by atoms with Gasteiger partial charge in [-0.1, -0.05) is 13.8 Å². The van der Waals surface area contributed by atoms with Crippen LogP contribution >= 0.6 is 0 Å². The Labute approximate surface area is 137 Å². The van der Waals surface area contributed by atoms with Gasteiger partial charge in [-0.25, -0.2) is 0 Å². The number of ether oxygens (including phenoxy) is 3. The van der Waals surface area contributed by atoms with Gasteiger partial charge in [-0.05, 0) is 34.6 Å². The van der Waals surface area contributed by atoms with Crippen LogP contribution in [0.5, 0.6) is 0 Å². The van der Waals surface area contributed by atoms with E-state index in [0.29, 0.717) is 0 Å². The lowest BCUT2D eigenvalue weighted by molar-refractivity contribution is -0.175. The van der Waals surface area contributed by atoms with Crippen LogP contribution in [0.25, 0.3) is 0 Å². The molecule has 6 nitrogen and oxygen atoms in total. The highest BCUT2D eigenvalue weighted by molar-refractivity contribution is 5.82. The Morgan fingerprint density at radius 3 is 1.91 bits per heavy atom. The smallest absolute Gasteiger partial charge is 0.310 e. The quantitative estimate of drug-likeness (QED) is 0.570. The monoisotopic (exact) mass is 328 g/mol. The van der Waals surface area contributed by atoms with Crippen LogP contribution in [0.1, 0.15) is 54.9 Å². The molecule has 0 spiro atoms. The van der Waals surface area contributed by atoms with Crippen LogP contribution in [-0.2, 0) is 28.6 Å². The van der Waals surface area contributed by atoms with Gasteiger partial charge in [0.15, 0.2) is 0 Å². The molecule has 0 aromatic heterocycles. The fourth-order valence-corrected chi connectivity index (χ4v) is 2.20. The molecule has 0 aromatic rings. The molecule has 1 fully saturated rings. The van der Waals surface area contributed by atoms with Gasteiger partial charge < -0.3 is 14.2 Å². The Kier molecular flexibility index (Phi) is 5.83. The highest BCUT2D eigenvalue weighted by Crippen LogP contribution is 2.31. The highest BCUT2D eigenvalue weighted by Gasteiger charge is 2.41. The molecule has 0 bridgehead atoms. The predicted octanol–water partition coefficient (Wildman–Crippen LogP) is 2.49. The SMILES string of the molecule is CC(C(=O)OC(C)(C)C)C(C)C(=O)OC(C)(C)C1COC(=O)C1. The van der Waals surface area contributed by atoms with E-state index in [1.54, 1.807) is 48.5 Å². The van der Waals surface area contributed by atoms with E-state index in [-0.39, 0.29) is 24.9 Å². The van der Waals surface area contributed by atoms with E-state index in [9.17, 15) is 14.4 Å². The van der Waals surface area contributed by atoms with E-state index >= 15 is 0 Å². The third kappa shape index (κ3) is 5.52. The molecule has 0 saturated carbocycles. The molecule has 1 aliphatic rings. The number of cyclic esters (lactones) is 1. The summed E-state index contributed by atoms with van der Waals surface area (Å²) >= 11 is 0. The zero-order valence-corrected chi connectivity index (χ0v) is 15.1. The van der Waals surface area contributed by atoms with Gasteiger partial charge in [0.05, 0.1) is 24.9 Å². The zero-order valence-electron chi connectivity index (χ0n) is 15.1. The molecule has 0 aliphatic carbocycles. The van der Waals surface area contributed by atoms with E-state index in [1.807, 2.05) is 0 Å². The molecule has 0 aromatic carbocycles. The molecule has 3 unspecified atom stereocenters. The van der Waals surface area contributed by atoms with Crippen LogP contribution in [-0.4, -0.2) is 35.7 Å². The van der Waals surface area contributed by atoms with E-state index < -0.39 is 35.0 Å². The van der Waals surface area contributed by atoms with Crippen molar-refractivity contribution in [1.82, 2.24) is 0 Å². The first kappa shape index (κ1) is 19.5. The standard InChI is InChI=1S/C17H28O6/c1-10(14(19)22-16(3,4)5)11(2)15(20)23-17(6,7)12-8-13(18)21-9-12/h10-12H,8-9H2,1-7H3. The molecule has 132 valence electrons. The van der Waals surface area contributed by atoms with Crippen molar-refractivity contribution in [3.05, 3.63) is 0 Å². The lowest BCUT2D eigenvalue weighted by atomic mass is 9.89. The van der Waals surface area contributed by atoms with Gasteiger partial charge in [0.25, 0.3) is 0 Å². The van der Waals surface area contributed by atoms with Crippen LogP contribution in [0.3, 0.4) is 0 Å². The summed E-state index contributed by atoms with van der Waals surface area (Å²) in [6.45, 7) is 12.4. The first-order valence-electron chi connectivity index (χ1n) is 7.95. The summed E-state index contributed by atoms with van der Waals surface area (Å²) < 4.78 is 15.8. The van der Waals surface area contributed by atoms with Gasteiger partial charge in [0.2, 0.25) is 0 Å². The van der Waals surface area contributed by atoms with Gasteiger partial charge in [-0.2, -0.15) is 0 Å². The summed E-state index contributed by atoms with van der Waals surface area (Å²) in [5.41, 5.74) is -1.43. The van der Waals surface area contributed by atoms with Gasteiger partial charge in [0.1, 0.15) is 11.2 Å². The summed E-state index contributed by atoms with van der Waals surface area (Å²) in [5.74, 6) is -2.62. The second kappa shape index (κ2) is 6.89. The molecule has 1 aliphatic heterocycles. The maximum atomic E-state index is 12.4.